The first-order valence-corrected chi connectivity index (χ1v) is 7.34. The molecule has 0 amide bonds. The van der Waals surface area contributed by atoms with Crippen LogP contribution in [0, 0.1) is 0 Å². The summed E-state index contributed by atoms with van der Waals surface area (Å²) in [6, 6.07) is 4.28. The van der Waals surface area contributed by atoms with Crippen molar-refractivity contribution in [1.29, 1.82) is 0 Å². The van der Waals surface area contributed by atoms with Crippen LogP contribution in [0.15, 0.2) is 30.6 Å². The first kappa shape index (κ1) is 16.4. The van der Waals surface area contributed by atoms with Gasteiger partial charge in [0.1, 0.15) is 11.8 Å². The Morgan fingerprint density at radius 2 is 2.08 bits per heavy atom. The second-order valence-electron chi connectivity index (χ2n) is 5.22. The molecule has 6 nitrogen and oxygen atoms in total. The molecule has 0 saturated carbocycles. The third-order valence-corrected chi connectivity index (χ3v) is 3.37. The van der Waals surface area contributed by atoms with Crippen LogP contribution in [0.1, 0.15) is 17.7 Å². The number of pyridine rings is 1. The van der Waals surface area contributed by atoms with Crippen molar-refractivity contribution < 1.29 is 22.6 Å². The van der Waals surface area contributed by atoms with Gasteiger partial charge in [0.05, 0.1) is 13.2 Å². The van der Waals surface area contributed by atoms with E-state index in [1.807, 2.05) is 0 Å². The van der Waals surface area contributed by atoms with Gasteiger partial charge >= 0.3 is 6.18 Å². The average molecular weight is 340 g/mol. The minimum absolute atomic E-state index is 0.0208. The molecule has 1 N–H and O–H groups in total. The fourth-order valence-electron chi connectivity index (χ4n) is 2.18. The van der Waals surface area contributed by atoms with Gasteiger partial charge in [-0.05, 0) is 17.7 Å². The van der Waals surface area contributed by atoms with Crippen LogP contribution in [0.5, 0.6) is 5.88 Å². The molecule has 24 heavy (non-hydrogen) atoms. The van der Waals surface area contributed by atoms with Crippen molar-refractivity contribution in [1.82, 2.24) is 15.0 Å². The lowest BCUT2D eigenvalue weighted by Gasteiger charge is -2.12. The molecule has 3 heterocycles. The standard InChI is InChI=1S/C15H15F3N4O2/c16-15(17,18)12-2-5-20-14(22-12)21-8-10-1-4-19-13(7-10)24-11-3-6-23-9-11/h1-2,4-5,7,11H,3,6,8-9H2,(H,20,21,22). The van der Waals surface area contributed by atoms with Crippen molar-refractivity contribution in [2.24, 2.45) is 0 Å². The Bertz CT molecular complexity index is 690. The van der Waals surface area contributed by atoms with E-state index in [2.05, 4.69) is 20.3 Å². The van der Waals surface area contributed by atoms with Crippen molar-refractivity contribution in [3.8, 4) is 5.88 Å². The molecule has 1 atom stereocenters. The zero-order valence-electron chi connectivity index (χ0n) is 12.6. The van der Waals surface area contributed by atoms with Crippen LogP contribution in [0.2, 0.25) is 0 Å². The maximum atomic E-state index is 12.6. The lowest BCUT2D eigenvalue weighted by molar-refractivity contribution is -0.141. The minimum atomic E-state index is -4.50. The topological polar surface area (TPSA) is 69.2 Å². The number of halogens is 3. The Morgan fingerprint density at radius 3 is 2.83 bits per heavy atom. The molecule has 0 radical (unpaired) electrons. The van der Waals surface area contributed by atoms with Gasteiger partial charge in [0, 0.05) is 31.4 Å². The molecular formula is C15H15F3N4O2. The maximum absolute atomic E-state index is 12.6. The lowest BCUT2D eigenvalue weighted by atomic mass is 10.2. The lowest BCUT2D eigenvalue weighted by Crippen LogP contribution is -2.16. The van der Waals surface area contributed by atoms with Crippen LogP contribution in [0.3, 0.4) is 0 Å². The van der Waals surface area contributed by atoms with Gasteiger partial charge in [0.15, 0.2) is 0 Å². The molecule has 9 heteroatoms. The summed E-state index contributed by atoms with van der Waals surface area (Å²) >= 11 is 0. The van der Waals surface area contributed by atoms with Gasteiger partial charge in [-0.2, -0.15) is 13.2 Å². The van der Waals surface area contributed by atoms with Crippen LogP contribution >= 0.6 is 0 Å². The monoisotopic (exact) mass is 340 g/mol. The number of anilines is 1. The molecule has 0 aliphatic carbocycles. The highest BCUT2D eigenvalue weighted by Gasteiger charge is 2.32. The fourth-order valence-corrected chi connectivity index (χ4v) is 2.18. The van der Waals surface area contributed by atoms with Gasteiger partial charge in [0.25, 0.3) is 0 Å². The van der Waals surface area contributed by atoms with E-state index in [1.54, 1.807) is 18.3 Å². The van der Waals surface area contributed by atoms with Crippen LogP contribution < -0.4 is 10.1 Å². The molecule has 1 fully saturated rings. The third kappa shape index (κ3) is 4.31. The van der Waals surface area contributed by atoms with Gasteiger partial charge in [-0.15, -0.1) is 0 Å². The van der Waals surface area contributed by atoms with Crippen LogP contribution in [0.4, 0.5) is 19.1 Å². The second kappa shape index (κ2) is 7.00. The molecule has 3 rings (SSSR count). The van der Waals surface area contributed by atoms with E-state index in [9.17, 15) is 13.2 Å². The molecule has 1 saturated heterocycles. The Kier molecular flexibility index (Phi) is 4.79. The molecule has 1 aliphatic heterocycles. The van der Waals surface area contributed by atoms with Crippen LogP contribution in [0.25, 0.3) is 0 Å². The van der Waals surface area contributed by atoms with Crippen molar-refractivity contribution in [3.63, 3.8) is 0 Å². The summed E-state index contributed by atoms with van der Waals surface area (Å²) in [5.41, 5.74) is -0.195. The average Bonchev–Trinajstić information content (AvgIpc) is 3.06. The molecule has 128 valence electrons. The second-order valence-corrected chi connectivity index (χ2v) is 5.22. The zero-order chi connectivity index (χ0) is 17.0. The normalized spacial score (nSPS) is 17.7. The van der Waals surface area contributed by atoms with Crippen molar-refractivity contribution in [3.05, 3.63) is 41.9 Å². The SMILES string of the molecule is FC(F)(F)c1ccnc(NCc2ccnc(OC3CCOC3)c2)n1. The summed E-state index contributed by atoms with van der Waals surface area (Å²) in [4.78, 5) is 11.4. The van der Waals surface area contributed by atoms with E-state index in [0.717, 1.165) is 24.2 Å². The first-order chi connectivity index (χ1) is 11.5. The van der Waals surface area contributed by atoms with E-state index >= 15 is 0 Å². The van der Waals surface area contributed by atoms with E-state index < -0.39 is 11.9 Å². The van der Waals surface area contributed by atoms with Gasteiger partial charge in [0.2, 0.25) is 11.8 Å². The molecular weight excluding hydrogens is 325 g/mol. The summed E-state index contributed by atoms with van der Waals surface area (Å²) in [6.45, 7) is 1.45. The number of nitrogens with one attached hydrogen (secondary N) is 1. The fraction of sp³-hybridized carbons (Fsp3) is 0.400. The number of rotatable bonds is 5. The van der Waals surface area contributed by atoms with E-state index in [0.29, 0.717) is 19.1 Å². The summed E-state index contributed by atoms with van der Waals surface area (Å²) in [5.74, 6) is 0.364. The number of nitrogens with zero attached hydrogens (tertiary/aromatic N) is 3. The van der Waals surface area contributed by atoms with Crippen LogP contribution in [-0.2, 0) is 17.5 Å². The Morgan fingerprint density at radius 1 is 1.25 bits per heavy atom. The van der Waals surface area contributed by atoms with Crippen molar-refractivity contribution in [2.75, 3.05) is 18.5 Å². The maximum Gasteiger partial charge on any atom is 0.433 e. The Balaban J connectivity index is 1.62. The minimum Gasteiger partial charge on any atom is -0.472 e. The van der Waals surface area contributed by atoms with Crippen molar-refractivity contribution >= 4 is 5.95 Å². The third-order valence-electron chi connectivity index (χ3n) is 3.37. The summed E-state index contributed by atoms with van der Waals surface area (Å²) in [7, 11) is 0. The van der Waals surface area contributed by atoms with E-state index in [4.69, 9.17) is 9.47 Å². The van der Waals surface area contributed by atoms with Crippen LogP contribution in [-0.4, -0.2) is 34.3 Å². The predicted molar refractivity (Wildman–Crippen MR) is 78.4 cm³/mol. The highest BCUT2D eigenvalue weighted by atomic mass is 19.4. The number of hydrogen-bond acceptors (Lipinski definition) is 6. The number of ether oxygens (including phenoxy) is 2. The molecule has 1 unspecified atom stereocenters. The summed E-state index contributed by atoms with van der Waals surface area (Å²) in [5, 5.41) is 2.76. The van der Waals surface area contributed by atoms with Gasteiger partial charge in [-0.1, -0.05) is 0 Å². The summed E-state index contributed by atoms with van der Waals surface area (Å²) in [6.07, 6.45) is -1.07. The van der Waals surface area contributed by atoms with Gasteiger partial charge in [-0.3, -0.25) is 0 Å². The van der Waals surface area contributed by atoms with E-state index in [1.165, 1.54) is 0 Å². The summed E-state index contributed by atoms with van der Waals surface area (Å²) < 4.78 is 48.8. The number of hydrogen-bond donors (Lipinski definition) is 1. The molecule has 2 aromatic heterocycles. The molecule has 1 aliphatic rings. The largest absolute Gasteiger partial charge is 0.472 e. The highest BCUT2D eigenvalue weighted by molar-refractivity contribution is 5.30. The smallest absolute Gasteiger partial charge is 0.433 e. The predicted octanol–water partition coefficient (Wildman–Crippen LogP) is 2.67. The Hall–Kier alpha value is -2.42. The number of aromatic nitrogens is 3. The zero-order valence-corrected chi connectivity index (χ0v) is 12.6. The quantitative estimate of drug-likeness (QED) is 0.902. The van der Waals surface area contributed by atoms with Gasteiger partial charge < -0.3 is 14.8 Å². The molecule has 0 spiro atoms. The first-order valence-electron chi connectivity index (χ1n) is 7.34. The highest BCUT2D eigenvalue weighted by Crippen LogP contribution is 2.27. The Labute approximate surface area is 136 Å². The van der Waals surface area contributed by atoms with Gasteiger partial charge in [-0.25, -0.2) is 15.0 Å². The number of alkyl halides is 3. The van der Waals surface area contributed by atoms with Crippen molar-refractivity contribution in [2.45, 2.75) is 25.2 Å². The van der Waals surface area contributed by atoms with E-state index in [-0.39, 0.29) is 18.6 Å². The molecule has 0 aromatic carbocycles. The molecule has 0 bridgehead atoms. The molecule has 2 aromatic rings.